The summed E-state index contributed by atoms with van der Waals surface area (Å²) in [6.45, 7) is 0. The summed E-state index contributed by atoms with van der Waals surface area (Å²) in [6, 6.07) is 8.73. The molecule has 20 heavy (non-hydrogen) atoms. The summed E-state index contributed by atoms with van der Waals surface area (Å²) >= 11 is 11.8. The maximum Gasteiger partial charge on any atom is 0.162 e. The molecule has 0 radical (unpaired) electrons. The van der Waals surface area contributed by atoms with Gasteiger partial charge in [-0.1, -0.05) is 47.5 Å². The van der Waals surface area contributed by atoms with Gasteiger partial charge in [-0.2, -0.15) is 0 Å². The first kappa shape index (κ1) is 14.9. The molecule has 0 saturated heterocycles. The van der Waals surface area contributed by atoms with Gasteiger partial charge in [0, 0.05) is 12.8 Å². The second-order valence-electron chi connectivity index (χ2n) is 4.32. The highest BCUT2D eigenvalue weighted by Gasteiger charge is 2.14. The van der Waals surface area contributed by atoms with E-state index in [0.717, 1.165) is 6.07 Å². The van der Waals surface area contributed by atoms with E-state index in [-0.39, 0.29) is 24.2 Å². The van der Waals surface area contributed by atoms with Crippen LogP contribution in [0.25, 0.3) is 0 Å². The SMILES string of the molecule is O=C(Cc1cccc(F)c1F)Cc1cccc(Cl)c1Cl. The zero-order valence-corrected chi connectivity index (χ0v) is 11.8. The molecule has 0 N–H and O–H groups in total. The number of Topliss-reactive ketones (excluding diaryl/α,β-unsaturated/α-hetero) is 1. The average molecular weight is 315 g/mol. The Morgan fingerprint density at radius 1 is 0.950 bits per heavy atom. The Morgan fingerprint density at radius 3 is 2.30 bits per heavy atom. The van der Waals surface area contributed by atoms with Crippen LogP contribution in [0, 0.1) is 11.6 Å². The highest BCUT2D eigenvalue weighted by molar-refractivity contribution is 6.42. The van der Waals surface area contributed by atoms with Crippen LogP contribution in [0.4, 0.5) is 8.78 Å². The lowest BCUT2D eigenvalue weighted by Crippen LogP contribution is -2.09. The van der Waals surface area contributed by atoms with Gasteiger partial charge in [0.15, 0.2) is 11.6 Å². The molecule has 2 aromatic carbocycles. The van der Waals surface area contributed by atoms with Gasteiger partial charge in [-0.3, -0.25) is 4.79 Å². The third-order valence-corrected chi connectivity index (χ3v) is 3.70. The number of rotatable bonds is 4. The third-order valence-electron chi connectivity index (χ3n) is 2.84. The highest BCUT2D eigenvalue weighted by Crippen LogP contribution is 2.26. The lowest BCUT2D eigenvalue weighted by Gasteiger charge is -2.06. The second kappa shape index (κ2) is 6.33. The Balaban J connectivity index is 2.13. The minimum Gasteiger partial charge on any atom is -0.299 e. The number of benzene rings is 2. The monoisotopic (exact) mass is 314 g/mol. The van der Waals surface area contributed by atoms with E-state index < -0.39 is 11.6 Å². The molecule has 0 aliphatic rings. The molecular formula is C15H10Cl2F2O. The Hall–Kier alpha value is -1.45. The Bertz CT molecular complexity index is 601. The van der Waals surface area contributed by atoms with Gasteiger partial charge in [0.2, 0.25) is 0 Å². The van der Waals surface area contributed by atoms with E-state index in [1.165, 1.54) is 12.1 Å². The van der Waals surface area contributed by atoms with Gasteiger partial charge in [-0.25, -0.2) is 8.78 Å². The van der Waals surface area contributed by atoms with Gasteiger partial charge in [-0.15, -0.1) is 0 Å². The standard InChI is InChI=1S/C15H10Cl2F2O/c16-12-5-1-3-9(14(12)17)7-11(20)8-10-4-2-6-13(18)15(10)19/h1-6H,7-8H2. The molecule has 0 atom stereocenters. The van der Waals surface area contributed by atoms with Gasteiger partial charge < -0.3 is 0 Å². The lowest BCUT2D eigenvalue weighted by atomic mass is 10.0. The average Bonchev–Trinajstić information content (AvgIpc) is 2.40. The largest absolute Gasteiger partial charge is 0.299 e. The topological polar surface area (TPSA) is 17.1 Å². The Labute approximate surface area is 125 Å². The van der Waals surface area contributed by atoms with Crippen LogP contribution in [0.3, 0.4) is 0 Å². The smallest absolute Gasteiger partial charge is 0.162 e. The summed E-state index contributed by atoms with van der Waals surface area (Å²) in [4.78, 5) is 11.9. The first-order valence-corrected chi connectivity index (χ1v) is 6.62. The predicted octanol–water partition coefficient (Wildman–Crippen LogP) is 4.63. The van der Waals surface area contributed by atoms with Crippen molar-refractivity contribution < 1.29 is 13.6 Å². The van der Waals surface area contributed by atoms with Crippen LogP contribution in [0.15, 0.2) is 36.4 Å². The first-order chi connectivity index (χ1) is 9.49. The van der Waals surface area contributed by atoms with Gasteiger partial charge in [-0.05, 0) is 23.3 Å². The zero-order chi connectivity index (χ0) is 14.7. The van der Waals surface area contributed by atoms with Crippen molar-refractivity contribution in [2.24, 2.45) is 0 Å². The number of carbonyl (C=O) groups is 1. The van der Waals surface area contributed by atoms with Crippen molar-refractivity contribution in [2.45, 2.75) is 12.8 Å². The molecule has 2 aromatic rings. The van der Waals surface area contributed by atoms with Crippen LogP contribution in [0.5, 0.6) is 0 Å². The van der Waals surface area contributed by atoms with Crippen LogP contribution in [-0.2, 0) is 17.6 Å². The Kier molecular flexibility index (Phi) is 4.73. The molecule has 0 amide bonds. The fraction of sp³-hybridized carbons (Fsp3) is 0.133. The normalized spacial score (nSPS) is 10.6. The van der Waals surface area contributed by atoms with Gasteiger partial charge in [0.25, 0.3) is 0 Å². The minimum absolute atomic E-state index is 0.0232. The first-order valence-electron chi connectivity index (χ1n) is 5.86. The zero-order valence-electron chi connectivity index (χ0n) is 10.3. The maximum atomic E-state index is 13.5. The quantitative estimate of drug-likeness (QED) is 0.804. The van der Waals surface area contributed by atoms with Crippen LogP contribution in [0.1, 0.15) is 11.1 Å². The summed E-state index contributed by atoms with van der Waals surface area (Å²) in [5, 5.41) is 0.663. The van der Waals surface area contributed by atoms with Crippen LogP contribution >= 0.6 is 23.2 Å². The van der Waals surface area contributed by atoms with Crippen molar-refractivity contribution >= 4 is 29.0 Å². The van der Waals surface area contributed by atoms with E-state index in [1.54, 1.807) is 18.2 Å². The minimum atomic E-state index is -0.988. The van der Waals surface area contributed by atoms with E-state index in [2.05, 4.69) is 0 Å². The van der Waals surface area contributed by atoms with Crippen LogP contribution in [0.2, 0.25) is 10.0 Å². The van der Waals surface area contributed by atoms with E-state index in [9.17, 15) is 13.6 Å². The molecule has 0 fully saturated rings. The lowest BCUT2D eigenvalue weighted by molar-refractivity contribution is -0.117. The van der Waals surface area contributed by atoms with E-state index in [1.807, 2.05) is 0 Å². The van der Waals surface area contributed by atoms with Gasteiger partial charge in [0.05, 0.1) is 10.0 Å². The number of ketones is 1. The molecule has 104 valence electrons. The molecule has 1 nitrogen and oxygen atoms in total. The van der Waals surface area contributed by atoms with Crippen LogP contribution < -0.4 is 0 Å². The molecule has 0 aliphatic heterocycles. The third kappa shape index (κ3) is 3.35. The number of carbonyl (C=O) groups excluding carboxylic acids is 1. The fourth-order valence-corrected chi connectivity index (χ4v) is 2.24. The van der Waals surface area contributed by atoms with Gasteiger partial charge >= 0.3 is 0 Å². The number of hydrogen-bond donors (Lipinski definition) is 0. The van der Waals surface area contributed by atoms with Crippen molar-refractivity contribution in [2.75, 3.05) is 0 Å². The maximum absolute atomic E-state index is 13.5. The van der Waals surface area contributed by atoms with Crippen molar-refractivity contribution in [3.63, 3.8) is 0 Å². The molecule has 0 bridgehead atoms. The van der Waals surface area contributed by atoms with Crippen molar-refractivity contribution in [3.8, 4) is 0 Å². The van der Waals surface area contributed by atoms with Crippen molar-refractivity contribution in [3.05, 3.63) is 69.2 Å². The Morgan fingerprint density at radius 2 is 1.55 bits per heavy atom. The van der Waals surface area contributed by atoms with Gasteiger partial charge in [0.1, 0.15) is 5.78 Å². The molecule has 0 saturated carbocycles. The summed E-state index contributed by atoms with van der Waals surface area (Å²) in [5.74, 6) is -2.22. The molecule has 0 spiro atoms. The predicted molar refractivity (Wildman–Crippen MR) is 75.2 cm³/mol. The molecule has 5 heteroatoms. The van der Waals surface area contributed by atoms with E-state index in [0.29, 0.717) is 15.6 Å². The number of hydrogen-bond acceptors (Lipinski definition) is 1. The fourth-order valence-electron chi connectivity index (χ4n) is 1.86. The summed E-state index contributed by atoms with van der Waals surface area (Å²) in [5.41, 5.74) is 0.606. The van der Waals surface area contributed by atoms with E-state index in [4.69, 9.17) is 23.2 Å². The van der Waals surface area contributed by atoms with E-state index >= 15 is 0 Å². The molecule has 2 rings (SSSR count). The molecule has 0 aliphatic carbocycles. The van der Waals surface area contributed by atoms with Crippen molar-refractivity contribution in [1.29, 1.82) is 0 Å². The summed E-state index contributed by atoms with van der Waals surface area (Å²) in [6.07, 6.45) is -0.165. The molecule has 0 heterocycles. The molecule has 0 unspecified atom stereocenters. The number of halogens is 4. The van der Waals surface area contributed by atoms with Crippen molar-refractivity contribution in [1.82, 2.24) is 0 Å². The highest BCUT2D eigenvalue weighted by atomic mass is 35.5. The molecular weight excluding hydrogens is 305 g/mol. The summed E-state index contributed by atoms with van der Waals surface area (Å²) in [7, 11) is 0. The molecule has 0 aromatic heterocycles. The summed E-state index contributed by atoms with van der Waals surface area (Å²) < 4.78 is 26.5. The van der Waals surface area contributed by atoms with Crippen LogP contribution in [-0.4, -0.2) is 5.78 Å². The second-order valence-corrected chi connectivity index (χ2v) is 5.10.